The molecule has 1 rings (SSSR count). The topological polar surface area (TPSA) is 29.5 Å². The van der Waals surface area contributed by atoms with Gasteiger partial charge in [0.15, 0.2) is 0 Å². The largest absolute Gasteiger partial charge is 0.251 e. The third-order valence-electron chi connectivity index (χ3n) is 3.95. The minimum atomic E-state index is -0.278. The molecule has 0 amide bonds. The van der Waals surface area contributed by atoms with Gasteiger partial charge in [-0.2, -0.15) is 0 Å². The molecule has 0 atom stereocenters. The molecule has 1 saturated carbocycles. The van der Waals surface area contributed by atoms with E-state index in [9.17, 15) is 0 Å². The quantitative estimate of drug-likeness (QED) is 0.539. The molecule has 2 heteroatoms. The maximum Gasteiger partial charge on any atom is 0.108 e. The SMILES string of the molecule is CCC(C)(C)C1(OO)CCCCC1. The molecule has 0 saturated heterocycles. The van der Waals surface area contributed by atoms with Crippen LogP contribution in [-0.2, 0) is 4.89 Å². The first kappa shape index (κ1) is 11.0. The Morgan fingerprint density at radius 2 is 1.77 bits per heavy atom. The maximum atomic E-state index is 9.11. The zero-order valence-corrected chi connectivity index (χ0v) is 9.10. The average molecular weight is 186 g/mol. The fourth-order valence-corrected chi connectivity index (χ4v) is 2.34. The molecule has 78 valence electrons. The van der Waals surface area contributed by atoms with Gasteiger partial charge in [0.05, 0.1) is 0 Å². The van der Waals surface area contributed by atoms with Gasteiger partial charge in [0.2, 0.25) is 0 Å². The Kier molecular flexibility index (Phi) is 3.36. The van der Waals surface area contributed by atoms with Crippen molar-refractivity contribution in [3.63, 3.8) is 0 Å². The van der Waals surface area contributed by atoms with Crippen LogP contribution >= 0.6 is 0 Å². The molecule has 0 unspecified atom stereocenters. The van der Waals surface area contributed by atoms with Crippen molar-refractivity contribution in [3.8, 4) is 0 Å². The first-order chi connectivity index (χ1) is 6.08. The van der Waals surface area contributed by atoms with Crippen LogP contribution in [-0.4, -0.2) is 10.9 Å². The Morgan fingerprint density at radius 3 is 2.15 bits per heavy atom. The standard InChI is InChI=1S/C11H22O2/c1-4-10(2,3)11(13-12)8-6-5-7-9-11/h12H,4-9H2,1-3H3. The van der Waals surface area contributed by atoms with Crippen molar-refractivity contribution in [2.75, 3.05) is 0 Å². The van der Waals surface area contributed by atoms with Gasteiger partial charge in [-0.05, 0) is 24.7 Å². The van der Waals surface area contributed by atoms with Gasteiger partial charge in [-0.15, -0.1) is 0 Å². The highest BCUT2D eigenvalue weighted by Gasteiger charge is 2.46. The number of hydrogen-bond donors (Lipinski definition) is 1. The van der Waals surface area contributed by atoms with Gasteiger partial charge >= 0.3 is 0 Å². The van der Waals surface area contributed by atoms with Gasteiger partial charge in [0, 0.05) is 0 Å². The highest BCUT2D eigenvalue weighted by atomic mass is 17.1. The van der Waals surface area contributed by atoms with Crippen molar-refractivity contribution in [3.05, 3.63) is 0 Å². The molecule has 0 aromatic heterocycles. The van der Waals surface area contributed by atoms with E-state index < -0.39 is 0 Å². The minimum Gasteiger partial charge on any atom is -0.251 e. The Hall–Kier alpha value is -0.0800. The van der Waals surface area contributed by atoms with Crippen LogP contribution in [0.4, 0.5) is 0 Å². The summed E-state index contributed by atoms with van der Waals surface area (Å²) in [7, 11) is 0. The van der Waals surface area contributed by atoms with E-state index in [1.54, 1.807) is 0 Å². The summed E-state index contributed by atoms with van der Waals surface area (Å²) in [5.74, 6) is 0. The Balaban J connectivity index is 2.78. The van der Waals surface area contributed by atoms with Crippen molar-refractivity contribution < 1.29 is 10.1 Å². The molecule has 0 spiro atoms. The van der Waals surface area contributed by atoms with Crippen molar-refractivity contribution in [2.45, 2.75) is 64.9 Å². The zero-order chi connectivity index (χ0) is 9.95. The fourth-order valence-electron chi connectivity index (χ4n) is 2.34. The highest BCUT2D eigenvalue weighted by molar-refractivity contribution is 4.95. The Morgan fingerprint density at radius 1 is 1.23 bits per heavy atom. The van der Waals surface area contributed by atoms with Crippen molar-refractivity contribution in [1.82, 2.24) is 0 Å². The van der Waals surface area contributed by atoms with E-state index in [2.05, 4.69) is 20.8 Å². The first-order valence-electron chi connectivity index (χ1n) is 5.40. The molecule has 1 aliphatic rings. The molecule has 0 aromatic rings. The second kappa shape index (κ2) is 3.97. The summed E-state index contributed by atoms with van der Waals surface area (Å²) in [6.07, 6.45) is 6.71. The van der Waals surface area contributed by atoms with Crippen LogP contribution in [0.25, 0.3) is 0 Å². The van der Waals surface area contributed by atoms with Gasteiger partial charge in [-0.1, -0.05) is 40.0 Å². The van der Waals surface area contributed by atoms with Crippen LogP contribution in [0.2, 0.25) is 0 Å². The van der Waals surface area contributed by atoms with E-state index in [0.29, 0.717) is 0 Å². The molecule has 2 nitrogen and oxygen atoms in total. The van der Waals surface area contributed by atoms with E-state index in [1.165, 1.54) is 19.3 Å². The van der Waals surface area contributed by atoms with Crippen LogP contribution < -0.4 is 0 Å². The lowest BCUT2D eigenvalue weighted by Gasteiger charge is -2.46. The number of hydrogen-bond acceptors (Lipinski definition) is 2. The monoisotopic (exact) mass is 186 g/mol. The molecule has 0 aliphatic heterocycles. The van der Waals surface area contributed by atoms with E-state index >= 15 is 0 Å². The second-order valence-electron chi connectivity index (χ2n) is 4.88. The summed E-state index contributed by atoms with van der Waals surface area (Å²) in [6.45, 7) is 6.54. The van der Waals surface area contributed by atoms with E-state index in [-0.39, 0.29) is 11.0 Å². The summed E-state index contributed by atoms with van der Waals surface area (Å²) in [5.41, 5.74) is -0.192. The lowest BCUT2D eigenvalue weighted by atomic mass is 9.66. The Bertz CT molecular complexity index is 157. The van der Waals surface area contributed by atoms with Crippen LogP contribution in [0.1, 0.15) is 59.3 Å². The van der Waals surface area contributed by atoms with Crippen molar-refractivity contribution >= 4 is 0 Å². The van der Waals surface area contributed by atoms with Crippen LogP contribution in [0, 0.1) is 5.41 Å². The third kappa shape index (κ3) is 1.89. The predicted molar refractivity (Wildman–Crippen MR) is 53.6 cm³/mol. The molecule has 1 N–H and O–H groups in total. The van der Waals surface area contributed by atoms with Crippen molar-refractivity contribution in [2.24, 2.45) is 5.41 Å². The zero-order valence-electron chi connectivity index (χ0n) is 9.10. The number of rotatable bonds is 3. The predicted octanol–water partition coefficient (Wildman–Crippen LogP) is 3.62. The molecule has 0 bridgehead atoms. The Labute approximate surface area is 81.2 Å². The van der Waals surface area contributed by atoms with Crippen molar-refractivity contribution in [1.29, 1.82) is 0 Å². The van der Waals surface area contributed by atoms with Crippen LogP contribution in [0.5, 0.6) is 0 Å². The summed E-state index contributed by atoms with van der Waals surface area (Å²) in [6, 6.07) is 0. The summed E-state index contributed by atoms with van der Waals surface area (Å²) < 4.78 is 0. The molecule has 0 radical (unpaired) electrons. The van der Waals surface area contributed by atoms with Gasteiger partial charge in [-0.3, -0.25) is 5.26 Å². The normalized spacial score (nSPS) is 23.1. The van der Waals surface area contributed by atoms with E-state index in [1.807, 2.05) is 0 Å². The van der Waals surface area contributed by atoms with Crippen LogP contribution in [0.3, 0.4) is 0 Å². The van der Waals surface area contributed by atoms with Gasteiger partial charge in [0.25, 0.3) is 0 Å². The minimum absolute atomic E-state index is 0.0855. The van der Waals surface area contributed by atoms with Gasteiger partial charge in [0.1, 0.15) is 5.60 Å². The average Bonchev–Trinajstić information content (AvgIpc) is 2.18. The van der Waals surface area contributed by atoms with Gasteiger partial charge < -0.3 is 0 Å². The molecular formula is C11H22O2. The highest BCUT2D eigenvalue weighted by Crippen LogP contribution is 2.46. The van der Waals surface area contributed by atoms with Gasteiger partial charge in [-0.25, -0.2) is 4.89 Å². The van der Waals surface area contributed by atoms with Crippen LogP contribution in [0.15, 0.2) is 0 Å². The lowest BCUT2D eigenvalue weighted by molar-refractivity contribution is -0.359. The fraction of sp³-hybridized carbons (Fsp3) is 1.00. The molecular weight excluding hydrogens is 164 g/mol. The molecule has 0 aromatic carbocycles. The molecule has 13 heavy (non-hydrogen) atoms. The summed E-state index contributed by atoms with van der Waals surface area (Å²) >= 11 is 0. The summed E-state index contributed by atoms with van der Waals surface area (Å²) in [5, 5.41) is 9.11. The van der Waals surface area contributed by atoms with E-state index in [4.69, 9.17) is 10.1 Å². The lowest BCUT2D eigenvalue weighted by Crippen LogP contribution is -2.47. The molecule has 1 fully saturated rings. The smallest absolute Gasteiger partial charge is 0.108 e. The second-order valence-corrected chi connectivity index (χ2v) is 4.88. The van der Waals surface area contributed by atoms with E-state index in [0.717, 1.165) is 19.3 Å². The first-order valence-corrected chi connectivity index (χ1v) is 5.40. The molecule has 0 heterocycles. The maximum absolute atomic E-state index is 9.11. The molecule has 1 aliphatic carbocycles. The third-order valence-corrected chi connectivity index (χ3v) is 3.95. The summed E-state index contributed by atoms with van der Waals surface area (Å²) in [4.78, 5) is 4.83.